The van der Waals surface area contributed by atoms with Gasteiger partial charge in [0.2, 0.25) is 0 Å². The van der Waals surface area contributed by atoms with Crippen molar-refractivity contribution in [2.75, 3.05) is 11.9 Å². The number of hydrogen-bond acceptors (Lipinski definition) is 4. The lowest BCUT2D eigenvalue weighted by atomic mass is 9.67. The van der Waals surface area contributed by atoms with Gasteiger partial charge in [-0.3, -0.25) is 14.4 Å². The molecule has 140 valence electrons. The van der Waals surface area contributed by atoms with Crippen molar-refractivity contribution in [2.24, 2.45) is 17.8 Å². The Labute approximate surface area is 158 Å². The molecule has 2 saturated carbocycles. The van der Waals surface area contributed by atoms with E-state index in [1.807, 2.05) is 19.9 Å². The average molecular weight is 378 g/mol. The van der Waals surface area contributed by atoms with Gasteiger partial charge in [0.1, 0.15) is 5.78 Å². The van der Waals surface area contributed by atoms with Crippen molar-refractivity contribution in [1.29, 1.82) is 0 Å². The first-order chi connectivity index (χ1) is 12.3. The van der Waals surface area contributed by atoms with E-state index in [9.17, 15) is 14.4 Å². The molecule has 0 spiro atoms. The molecule has 5 nitrogen and oxygen atoms in total. The minimum absolute atomic E-state index is 0.0112. The van der Waals surface area contributed by atoms with Gasteiger partial charge in [0, 0.05) is 11.8 Å². The van der Waals surface area contributed by atoms with Gasteiger partial charge in [0.05, 0.1) is 16.6 Å². The van der Waals surface area contributed by atoms with E-state index in [0.29, 0.717) is 29.3 Å². The number of rotatable bonds is 4. The molecule has 2 aliphatic carbocycles. The first-order valence-electron chi connectivity index (χ1n) is 9.12. The van der Waals surface area contributed by atoms with Crippen LogP contribution in [0.2, 0.25) is 5.02 Å². The number of ether oxygens (including phenoxy) is 1. The molecule has 2 fully saturated rings. The number of hydrogen-bond donors (Lipinski definition) is 1. The molecule has 26 heavy (non-hydrogen) atoms. The maximum Gasteiger partial charge on any atom is 0.309 e. The van der Waals surface area contributed by atoms with Crippen LogP contribution in [0.1, 0.15) is 43.2 Å². The summed E-state index contributed by atoms with van der Waals surface area (Å²) in [7, 11) is 0. The summed E-state index contributed by atoms with van der Waals surface area (Å²) in [5, 5.41) is 3.17. The largest absolute Gasteiger partial charge is 0.455 e. The molecular formula is C20H24ClNO4. The molecule has 1 aromatic carbocycles. The second-order valence-corrected chi connectivity index (χ2v) is 7.90. The van der Waals surface area contributed by atoms with Crippen LogP contribution in [-0.4, -0.2) is 24.3 Å². The zero-order valence-corrected chi connectivity index (χ0v) is 15.9. The first-order valence-corrected chi connectivity index (χ1v) is 9.50. The van der Waals surface area contributed by atoms with Crippen molar-refractivity contribution in [2.45, 2.75) is 46.0 Å². The standard InChI is InChI=1S/C20H24ClNO4/c1-11-6-12(2)18(16(21)7-11)22-17(23)10-26-20(25)15-8-13-4-3-5-14(9-15)19(13)24/h6-7,13-15H,3-5,8-10H2,1-2H3,(H,22,23)/t13-,14+,15?. The zero-order valence-electron chi connectivity index (χ0n) is 15.1. The van der Waals surface area contributed by atoms with Crippen LogP contribution in [0.3, 0.4) is 0 Å². The summed E-state index contributed by atoms with van der Waals surface area (Å²) in [6.45, 7) is 3.44. The number of ketones is 1. The third kappa shape index (κ3) is 4.09. The Balaban J connectivity index is 1.53. The van der Waals surface area contributed by atoms with Crippen molar-refractivity contribution in [3.63, 3.8) is 0 Å². The summed E-state index contributed by atoms with van der Waals surface area (Å²) >= 11 is 6.18. The van der Waals surface area contributed by atoms with Gasteiger partial charge >= 0.3 is 5.97 Å². The van der Waals surface area contributed by atoms with Gasteiger partial charge in [-0.25, -0.2) is 0 Å². The third-order valence-electron chi connectivity index (χ3n) is 5.42. The van der Waals surface area contributed by atoms with Crippen LogP contribution in [0.25, 0.3) is 0 Å². The molecule has 1 unspecified atom stereocenters. The highest BCUT2D eigenvalue weighted by molar-refractivity contribution is 6.34. The van der Waals surface area contributed by atoms with Crippen LogP contribution in [0.15, 0.2) is 12.1 Å². The Morgan fingerprint density at radius 2 is 1.85 bits per heavy atom. The lowest BCUT2D eigenvalue weighted by molar-refractivity contribution is -0.155. The molecular weight excluding hydrogens is 354 g/mol. The van der Waals surface area contributed by atoms with Gasteiger partial charge in [0.25, 0.3) is 5.91 Å². The van der Waals surface area contributed by atoms with E-state index in [-0.39, 0.29) is 30.3 Å². The van der Waals surface area contributed by atoms with Crippen LogP contribution >= 0.6 is 11.6 Å². The maximum atomic E-state index is 12.3. The number of anilines is 1. The maximum absolute atomic E-state index is 12.3. The molecule has 0 aromatic heterocycles. The molecule has 0 saturated heterocycles. The second-order valence-electron chi connectivity index (χ2n) is 7.49. The molecule has 2 aliphatic rings. The summed E-state index contributed by atoms with van der Waals surface area (Å²) in [6.07, 6.45) is 3.90. The molecule has 0 radical (unpaired) electrons. The molecule has 6 heteroatoms. The number of nitrogens with one attached hydrogen (secondary N) is 1. The van der Waals surface area contributed by atoms with E-state index in [1.54, 1.807) is 6.07 Å². The van der Waals surface area contributed by atoms with Gasteiger partial charge < -0.3 is 10.1 Å². The Bertz CT molecular complexity index is 706. The quantitative estimate of drug-likeness (QED) is 0.809. The highest BCUT2D eigenvalue weighted by Gasteiger charge is 2.41. The number of carbonyl (C=O) groups excluding carboxylic acids is 3. The Kier molecular flexibility index (Phi) is 5.66. The lowest BCUT2D eigenvalue weighted by Crippen LogP contribution is -2.40. The second kappa shape index (κ2) is 7.78. The van der Waals surface area contributed by atoms with E-state index in [2.05, 4.69) is 5.32 Å². The normalized spacial score (nSPS) is 24.9. The topological polar surface area (TPSA) is 72.5 Å². The number of Topliss-reactive ketones (excluding diaryl/α,β-unsaturated/α-hetero) is 1. The summed E-state index contributed by atoms with van der Waals surface area (Å²) < 4.78 is 5.21. The number of halogens is 1. The van der Waals surface area contributed by atoms with E-state index in [1.165, 1.54) is 0 Å². The van der Waals surface area contributed by atoms with Gasteiger partial charge in [-0.15, -0.1) is 0 Å². The smallest absolute Gasteiger partial charge is 0.309 e. The highest BCUT2D eigenvalue weighted by Crippen LogP contribution is 2.40. The van der Waals surface area contributed by atoms with E-state index >= 15 is 0 Å². The molecule has 1 amide bonds. The molecule has 1 N–H and O–H groups in total. The fraction of sp³-hybridized carbons (Fsp3) is 0.550. The number of amides is 1. The van der Waals surface area contributed by atoms with E-state index in [4.69, 9.17) is 16.3 Å². The third-order valence-corrected chi connectivity index (χ3v) is 5.72. The molecule has 0 heterocycles. The van der Waals surface area contributed by atoms with E-state index in [0.717, 1.165) is 30.4 Å². The first kappa shape index (κ1) is 18.9. The summed E-state index contributed by atoms with van der Waals surface area (Å²) in [5.74, 6) is -0.788. The van der Waals surface area contributed by atoms with Crippen LogP contribution in [0.5, 0.6) is 0 Å². The highest BCUT2D eigenvalue weighted by atomic mass is 35.5. The van der Waals surface area contributed by atoms with Crippen molar-refractivity contribution in [3.8, 4) is 0 Å². The van der Waals surface area contributed by atoms with Crippen molar-refractivity contribution >= 4 is 34.9 Å². The fourth-order valence-corrected chi connectivity index (χ4v) is 4.54. The summed E-state index contributed by atoms with van der Waals surface area (Å²) in [4.78, 5) is 36.6. The van der Waals surface area contributed by atoms with Crippen LogP contribution < -0.4 is 5.32 Å². The molecule has 3 atom stereocenters. The van der Waals surface area contributed by atoms with E-state index < -0.39 is 5.91 Å². The zero-order chi connectivity index (χ0) is 18.8. The molecule has 0 aliphatic heterocycles. The number of aryl methyl sites for hydroxylation is 2. The van der Waals surface area contributed by atoms with Crippen molar-refractivity contribution in [3.05, 3.63) is 28.3 Å². The summed E-state index contributed by atoms with van der Waals surface area (Å²) in [5.41, 5.74) is 2.40. The molecule has 1 aromatic rings. The molecule has 2 bridgehead atoms. The predicted molar refractivity (Wildman–Crippen MR) is 99.1 cm³/mol. The fourth-order valence-electron chi connectivity index (χ4n) is 4.18. The molecule has 3 rings (SSSR count). The van der Waals surface area contributed by atoms with Gasteiger partial charge in [0.15, 0.2) is 6.61 Å². The van der Waals surface area contributed by atoms with Gasteiger partial charge in [-0.1, -0.05) is 24.1 Å². The monoisotopic (exact) mass is 377 g/mol. The number of esters is 1. The number of carbonyl (C=O) groups is 3. The van der Waals surface area contributed by atoms with Crippen molar-refractivity contribution < 1.29 is 19.1 Å². The van der Waals surface area contributed by atoms with Gasteiger partial charge in [-0.2, -0.15) is 0 Å². The van der Waals surface area contributed by atoms with Crippen LogP contribution in [0.4, 0.5) is 5.69 Å². The Morgan fingerprint density at radius 1 is 1.19 bits per heavy atom. The van der Waals surface area contributed by atoms with Gasteiger partial charge in [-0.05, 0) is 56.7 Å². The minimum Gasteiger partial charge on any atom is -0.455 e. The number of fused-ring (bicyclic) bond motifs is 2. The predicted octanol–water partition coefficient (Wildman–Crippen LogP) is 3.83. The minimum atomic E-state index is -0.417. The average Bonchev–Trinajstić information content (AvgIpc) is 2.55. The van der Waals surface area contributed by atoms with Crippen molar-refractivity contribution in [1.82, 2.24) is 0 Å². The SMILES string of the molecule is Cc1cc(C)c(NC(=O)COC(=O)C2C[C@H]3CCC[C@@H](C2)C3=O)c(Cl)c1. The Hall–Kier alpha value is -1.88. The summed E-state index contributed by atoms with van der Waals surface area (Å²) in [6, 6.07) is 3.69. The lowest BCUT2D eigenvalue weighted by Gasteiger charge is -2.36. The Morgan fingerprint density at radius 3 is 2.46 bits per heavy atom. The van der Waals surface area contributed by atoms with Crippen LogP contribution in [0, 0.1) is 31.6 Å². The van der Waals surface area contributed by atoms with Crippen LogP contribution in [-0.2, 0) is 19.1 Å². The number of benzene rings is 1.